The van der Waals surface area contributed by atoms with E-state index in [0.717, 1.165) is 5.56 Å². The van der Waals surface area contributed by atoms with E-state index in [-0.39, 0.29) is 17.5 Å². The van der Waals surface area contributed by atoms with Gasteiger partial charge in [-0.25, -0.2) is 4.98 Å². The number of oxazole rings is 1. The average molecular weight is 341 g/mol. The van der Waals surface area contributed by atoms with E-state index in [4.69, 9.17) is 16.0 Å². The molecule has 4 nitrogen and oxygen atoms in total. The molecular formula is C19H17ClN2O2. The van der Waals surface area contributed by atoms with Gasteiger partial charge < -0.3 is 9.73 Å². The molecule has 24 heavy (non-hydrogen) atoms. The standard InChI is InChI=1S/C19H17ClN2O2/c1-13(14-6-3-2-4-7-14)11-21-19(23)17-18(24-12-22-17)15-8-5-9-16(20)10-15/h2-10,12-13H,11H2,1H3,(H,21,23)/t13-/m1/s1. The molecule has 1 aromatic heterocycles. The van der Waals surface area contributed by atoms with Gasteiger partial charge in [-0.2, -0.15) is 0 Å². The van der Waals surface area contributed by atoms with Gasteiger partial charge >= 0.3 is 0 Å². The van der Waals surface area contributed by atoms with E-state index in [1.165, 1.54) is 12.0 Å². The highest BCUT2D eigenvalue weighted by Crippen LogP contribution is 2.25. The topological polar surface area (TPSA) is 55.1 Å². The van der Waals surface area contributed by atoms with Gasteiger partial charge in [0.2, 0.25) is 0 Å². The molecule has 0 unspecified atom stereocenters. The molecule has 0 saturated carbocycles. The van der Waals surface area contributed by atoms with Crippen molar-refractivity contribution in [1.82, 2.24) is 10.3 Å². The number of halogens is 1. The number of amides is 1. The summed E-state index contributed by atoms with van der Waals surface area (Å²) in [6, 6.07) is 17.2. The van der Waals surface area contributed by atoms with Crippen LogP contribution in [0.4, 0.5) is 0 Å². The number of aromatic nitrogens is 1. The van der Waals surface area contributed by atoms with Crippen molar-refractivity contribution in [1.29, 1.82) is 0 Å². The monoisotopic (exact) mass is 340 g/mol. The summed E-state index contributed by atoms with van der Waals surface area (Å²) in [6.45, 7) is 2.58. The fourth-order valence-electron chi connectivity index (χ4n) is 2.47. The first-order valence-corrected chi connectivity index (χ1v) is 8.05. The Balaban J connectivity index is 1.71. The Morgan fingerprint density at radius 1 is 1.21 bits per heavy atom. The third-order valence-electron chi connectivity index (χ3n) is 3.81. The van der Waals surface area contributed by atoms with Crippen LogP contribution in [0.3, 0.4) is 0 Å². The lowest BCUT2D eigenvalue weighted by Gasteiger charge is -2.12. The lowest BCUT2D eigenvalue weighted by Crippen LogP contribution is -2.28. The maximum absolute atomic E-state index is 12.5. The van der Waals surface area contributed by atoms with Gasteiger partial charge in [0.25, 0.3) is 5.91 Å². The highest BCUT2D eigenvalue weighted by Gasteiger charge is 2.19. The van der Waals surface area contributed by atoms with Crippen molar-refractivity contribution < 1.29 is 9.21 Å². The van der Waals surface area contributed by atoms with E-state index >= 15 is 0 Å². The molecule has 1 amide bonds. The van der Waals surface area contributed by atoms with E-state index in [1.807, 2.05) is 36.4 Å². The predicted octanol–water partition coefficient (Wildman–Crippen LogP) is 4.53. The first kappa shape index (κ1) is 16.3. The highest BCUT2D eigenvalue weighted by molar-refractivity contribution is 6.30. The van der Waals surface area contributed by atoms with E-state index in [0.29, 0.717) is 17.3 Å². The maximum Gasteiger partial charge on any atom is 0.273 e. The van der Waals surface area contributed by atoms with Crippen LogP contribution >= 0.6 is 11.6 Å². The minimum absolute atomic E-state index is 0.205. The number of nitrogens with one attached hydrogen (secondary N) is 1. The van der Waals surface area contributed by atoms with Crippen LogP contribution in [-0.2, 0) is 0 Å². The average Bonchev–Trinajstić information content (AvgIpc) is 3.10. The molecule has 122 valence electrons. The third kappa shape index (κ3) is 3.66. The van der Waals surface area contributed by atoms with Gasteiger partial charge in [0.15, 0.2) is 17.8 Å². The Morgan fingerprint density at radius 2 is 2.00 bits per heavy atom. The smallest absolute Gasteiger partial charge is 0.273 e. The molecule has 0 fully saturated rings. The lowest BCUT2D eigenvalue weighted by molar-refractivity contribution is 0.0947. The number of benzene rings is 2. The Hall–Kier alpha value is -2.59. The summed E-state index contributed by atoms with van der Waals surface area (Å²) in [7, 11) is 0. The van der Waals surface area contributed by atoms with Gasteiger partial charge in [-0.3, -0.25) is 4.79 Å². The second kappa shape index (κ2) is 7.32. The molecule has 0 aliphatic rings. The van der Waals surface area contributed by atoms with E-state index in [1.54, 1.807) is 18.2 Å². The molecule has 3 aromatic rings. The van der Waals surface area contributed by atoms with Crippen molar-refractivity contribution in [3.05, 3.63) is 77.3 Å². The Morgan fingerprint density at radius 3 is 2.75 bits per heavy atom. The SMILES string of the molecule is C[C@H](CNC(=O)c1ncoc1-c1cccc(Cl)c1)c1ccccc1. The number of rotatable bonds is 5. The zero-order chi connectivity index (χ0) is 16.9. The summed E-state index contributed by atoms with van der Waals surface area (Å²) in [4.78, 5) is 16.5. The van der Waals surface area contributed by atoms with Crippen molar-refractivity contribution in [2.24, 2.45) is 0 Å². The van der Waals surface area contributed by atoms with E-state index in [2.05, 4.69) is 17.2 Å². The quantitative estimate of drug-likeness (QED) is 0.742. The maximum atomic E-state index is 12.5. The zero-order valence-electron chi connectivity index (χ0n) is 13.2. The van der Waals surface area contributed by atoms with E-state index in [9.17, 15) is 4.79 Å². The van der Waals surface area contributed by atoms with Crippen LogP contribution in [0.1, 0.15) is 28.9 Å². The van der Waals surface area contributed by atoms with Crippen molar-refractivity contribution in [2.75, 3.05) is 6.54 Å². The molecule has 1 heterocycles. The van der Waals surface area contributed by atoms with Crippen LogP contribution < -0.4 is 5.32 Å². The summed E-state index contributed by atoms with van der Waals surface area (Å²) in [5.41, 5.74) is 2.16. The Bertz CT molecular complexity index is 830. The fourth-order valence-corrected chi connectivity index (χ4v) is 2.66. The molecule has 2 aromatic carbocycles. The van der Waals surface area contributed by atoms with Crippen molar-refractivity contribution in [3.63, 3.8) is 0 Å². The normalized spacial score (nSPS) is 11.9. The Labute approximate surface area is 145 Å². The summed E-state index contributed by atoms with van der Waals surface area (Å²) in [5.74, 6) is 0.362. The predicted molar refractivity (Wildman–Crippen MR) is 94.1 cm³/mol. The first-order chi connectivity index (χ1) is 11.6. The number of hydrogen-bond donors (Lipinski definition) is 1. The molecule has 0 radical (unpaired) electrons. The first-order valence-electron chi connectivity index (χ1n) is 7.67. The molecule has 5 heteroatoms. The second-order valence-corrected chi connectivity index (χ2v) is 6.00. The van der Waals surface area contributed by atoms with Gasteiger partial charge in [0, 0.05) is 17.1 Å². The van der Waals surface area contributed by atoms with E-state index < -0.39 is 0 Å². The van der Waals surface area contributed by atoms with Crippen molar-refractivity contribution in [2.45, 2.75) is 12.8 Å². The van der Waals surface area contributed by atoms with Gasteiger partial charge in [-0.15, -0.1) is 0 Å². The third-order valence-corrected chi connectivity index (χ3v) is 4.04. The van der Waals surface area contributed by atoms with Crippen molar-refractivity contribution >= 4 is 17.5 Å². The molecule has 0 bridgehead atoms. The fraction of sp³-hybridized carbons (Fsp3) is 0.158. The summed E-state index contributed by atoms with van der Waals surface area (Å²) in [6.07, 6.45) is 1.27. The largest absolute Gasteiger partial charge is 0.443 e. The lowest BCUT2D eigenvalue weighted by atomic mass is 10.0. The molecule has 0 aliphatic carbocycles. The molecule has 1 N–H and O–H groups in total. The van der Waals surface area contributed by atoms with Crippen LogP contribution in [0.15, 0.2) is 65.4 Å². The van der Waals surface area contributed by atoms with Gasteiger partial charge in [0.1, 0.15) is 0 Å². The zero-order valence-corrected chi connectivity index (χ0v) is 14.0. The number of carbonyl (C=O) groups is 1. The highest BCUT2D eigenvalue weighted by atomic mass is 35.5. The molecule has 0 saturated heterocycles. The van der Waals surface area contributed by atoms with Gasteiger partial charge in [0.05, 0.1) is 0 Å². The van der Waals surface area contributed by atoms with Crippen molar-refractivity contribution in [3.8, 4) is 11.3 Å². The summed E-state index contributed by atoms with van der Waals surface area (Å²) >= 11 is 6.00. The number of nitrogens with zero attached hydrogens (tertiary/aromatic N) is 1. The molecule has 3 rings (SSSR count). The van der Waals surface area contributed by atoms with Crippen LogP contribution in [0.25, 0.3) is 11.3 Å². The minimum Gasteiger partial charge on any atom is -0.443 e. The summed E-state index contributed by atoms with van der Waals surface area (Å²) < 4.78 is 5.39. The Kier molecular flexibility index (Phi) is 4.96. The number of hydrogen-bond acceptors (Lipinski definition) is 3. The second-order valence-electron chi connectivity index (χ2n) is 5.56. The van der Waals surface area contributed by atoms with Crippen LogP contribution in [-0.4, -0.2) is 17.4 Å². The minimum atomic E-state index is -0.262. The molecule has 0 aliphatic heterocycles. The molecule has 1 atom stereocenters. The molecule has 0 spiro atoms. The van der Waals surface area contributed by atoms with Crippen LogP contribution in [0.2, 0.25) is 5.02 Å². The van der Waals surface area contributed by atoms with Gasteiger partial charge in [-0.05, 0) is 23.6 Å². The molecular weight excluding hydrogens is 324 g/mol. The summed E-state index contributed by atoms with van der Waals surface area (Å²) in [5, 5.41) is 3.49. The van der Waals surface area contributed by atoms with Crippen LogP contribution in [0, 0.1) is 0 Å². The number of carbonyl (C=O) groups excluding carboxylic acids is 1. The van der Waals surface area contributed by atoms with Gasteiger partial charge in [-0.1, -0.05) is 61.0 Å². The van der Waals surface area contributed by atoms with Crippen LogP contribution in [0.5, 0.6) is 0 Å².